The highest BCUT2D eigenvalue weighted by atomic mass is 32.2. The summed E-state index contributed by atoms with van der Waals surface area (Å²) in [6.45, 7) is 8.00. The van der Waals surface area contributed by atoms with Crippen molar-refractivity contribution in [3.63, 3.8) is 0 Å². The second kappa shape index (κ2) is 9.71. The van der Waals surface area contributed by atoms with Gasteiger partial charge in [0.15, 0.2) is 0 Å². The van der Waals surface area contributed by atoms with E-state index < -0.39 is 21.7 Å². The summed E-state index contributed by atoms with van der Waals surface area (Å²) in [5, 5.41) is 2.82. The van der Waals surface area contributed by atoms with Crippen LogP contribution in [0.15, 0.2) is 29.2 Å². The molecule has 1 fully saturated rings. The third-order valence-corrected chi connectivity index (χ3v) is 6.82. The monoisotopic (exact) mass is 424 g/mol. The maximum atomic E-state index is 13.0. The van der Waals surface area contributed by atoms with Crippen LogP contribution in [0.25, 0.3) is 0 Å². The molecule has 1 aliphatic rings. The number of nitrogens with zero attached hydrogens (tertiary/aromatic N) is 1. The number of amides is 1. The molecule has 8 heteroatoms. The summed E-state index contributed by atoms with van der Waals surface area (Å²) in [4.78, 5) is 23.2. The molecular weight excluding hydrogens is 392 g/mol. The number of hydrogen-bond donors (Lipinski definition) is 1. The largest absolute Gasteiger partial charge is 0.444 e. The first kappa shape index (κ1) is 23.3. The van der Waals surface area contributed by atoms with Gasteiger partial charge < -0.3 is 14.8 Å². The maximum Gasteiger partial charge on any atom is 0.407 e. The minimum absolute atomic E-state index is 0.109. The summed E-state index contributed by atoms with van der Waals surface area (Å²) in [5.74, 6) is -0.109. The van der Waals surface area contributed by atoms with E-state index in [1.165, 1.54) is 4.31 Å². The van der Waals surface area contributed by atoms with E-state index in [2.05, 4.69) is 5.32 Å². The minimum atomic E-state index is -3.61. The molecule has 1 aromatic carbocycles. The maximum absolute atomic E-state index is 13.0. The van der Waals surface area contributed by atoms with Gasteiger partial charge in [0, 0.05) is 25.0 Å². The average molecular weight is 425 g/mol. The first-order valence-corrected chi connectivity index (χ1v) is 11.5. The molecule has 1 unspecified atom stereocenters. The molecule has 1 saturated heterocycles. The van der Waals surface area contributed by atoms with Crippen molar-refractivity contribution in [3.05, 3.63) is 29.8 Å². The van der Waals surface area contributed by atoms with Gasteiger partial charge in [0.2, 0.25) is 10.0 Å². The third kappa shape index (κ3) is 6.82. The van der Waals surface area contributed by atoms with Crippen LogP contribution in [0.2, 0.25) is 0 Å². The number of ether oxygens (including phenoxy) is 1. The predicted molar refractivity (Wildman–Crippen MR) is 111 cm³/mol. The molecule has 0 spiro atoms. The Hall–Kier alpha value is -1.93. The van der Waals surface area contributed by atoms with E-state index in [1.807, 2.05) is 13.0 Å². The summed E-state index contributed by atoms with van der Waals surface area (Å²) in [7, 11) is -3.61. The Kier molecular flexibility index (Phi) is 7.82. The number of aldehydes is 1. The van der Waals surface area contributed by atoms with E-state index in [0.717, 1.165) is 18.3 Å². The first-order chi connectivity index (χ1) is 13.5. The molecule has 0 aromatic heterocycles. The number of hydrogen-bond acceptors (Lipinski definition) is 5. The fourth-order valence-electron chi connectivity index (χ4n) is 3.29. The van der Waals surface area contributed by atoms with Crippen molar-refractivity contribution in [2.24, 2.45) is 5.92 Å². The number of nitrogens with one attached hydrogen (secondary N) is 1. The molecule has 0 bridgehead atoms. The summed E-state index contributed by atoms with van der Waals surface area (Å²) in [6, 6.07) is 6.71. The van der Waals surface area contributed by atoms with Crippen molar-refractivity contribution in [1.82, 2.24) is 9.62 Å². The predicted octanol–water partition coefficient (Wildman–Crippen LogP) is 3.13. The molecule has 0 radical (unpaired) electrons. The molecule has 7 nitrogen and oxygen atoms in total. The molecule has 1 heterocycles. The highest BCUT2D eigenvalue weighted by Crippen LogP contribution is 2.23. The van der Waals surface area contributed by atoms with Crippen molar-refractivity contribution in [3.8, 4) is 0 Å². The lowest BCUT2D eigenvalue weighted by Gasteiger charge is -2.32. The molecule has 1 aliphatic heterocycles. The molecular formula is C21H32N2O5S. The van der Waals surface area contributed by atoms with Gasteiger partial charge in [-0.1, -0.05) is 19.1 Å². The quantitative estimate of drug-likeness (QED) is 0.679. The highest BCUT2D eigenvalue weighted by molar-refractivity contribution is 7.89. The zero-order valence-electron chi connectivity index (χ0n) is 17.7. The topological polar surface area (TPSA) is 92.8 Å². The molecule has 1 amide bonds. The van der Waals surface area contributed by atoms with Crippen LogP contribution in [-0.4, -0.2) is 49.8 Å². The Morgan fingerprint density at radius 2 is 1.97 bits per heavy atom. The van der Waals surface area contributed by atoms with Crippen LogP contribution in [0, 0.1) is 5.92 Å². The number of benzene rings is 1. The molecule has 1 N–H and O–H groups in total. The number of piperidine rings is 1. The zero-order chi connectivity index (χ0) is 21.7. The molecule has 162 valence electrons. The van der Waals surface area contributed by atoms with Crippen LogP contribution in [0.4, 0.5) is 4.79 Å². The lowest BCUT2D eigenvalue weighted by molar-refractivity contribution is -0.111. The van der Waals surface area contributed by atoms with Gasteiger partial charge in [-0.2, -0.15) is 4.31 Å². The molecule has 1 atom stereocenters. The Bertz CT molecular complexity index is 809. The van der Waals surface area contributed by atoms with E-state index in [4.69, 9.17) is 4.74 Å². The lowest BCUT2D eigenvalue weighted by Crippen LogP contribution is -2.47. The van der Waals surface area contributed by atoms with Crippen LogP contribution in [0.1, 0.15) is 52.5 Å². The summed E-state index contributed by atoms with van der Waals surface area (Å²) in [6.07, 6.45) is 2.75. The molecule has 29 heavy (non-hydrogen) atoms. The molecule has 2 rings (SSSR count). The Morgan fingerprint density at radius 1 is 1.31 bits per heavy atom. The van der Waals surface area contributed by atoms with Crippen LogP contribution in [0.3, 0.4) is 0 Å². The zero-order valence-corrected chi connectivity index (χ0v) is 18.5. The van der Waals surface area contributed by atoms with E-state index in [1.54, 1.807) is 39.0 Å². The first-order valence-electron chi connectivity index (χ1n) is 10.1. The Morgan fingerprint density at radius 3 is 2.52 bits per heavy atom. The normalized spacial score (nSPS) is 17.5. The number of alkyl carbamates (subject to hydrolysis) is 1. The SMILES string of the molecule is CCC(C=O)Cc1cccc(S(=O)(=O)N2CCC(NC(=O)OC(C)(C)C)CC2)c1. The smallest absolute Gasteiger partial charge is 0.407 e. The van der Waals surface area contributed by atoms with E-state index >= 15 is 0 Å². The molecule has 0 aliphatic carbocycles. The van der Waals surface area contributed by atoms with Crippen LogP contribution in [0.5, 0.6) is 0 Å². The van der Waals surface area contributed by atoms with Gasteiger partial charge in [0.05, 0.1) is 4.90 Å². The van der Waals surface area contributed by atoms with Gasteiger partial charge in [0.1, 0.15) is 11.9 Å². The van der Waals surface area contributed by atoms with Crippen molar-refractivity contribution in [1.29, 1.82) is 0 Å². The van der Waals surface area contributed by atoms with E-state index in [-0.39, 0.29) is 16.9 Å². The van der Waals surface area contributed by atoms with Crippen LogP contribution < -0.4 is 5.32 Å². The summed E-state index contributed by atoms with van der Waals surface area (Å²) < 4.78 is 32.8. The average Bonchev–Trinajstić information content (AvgIpc) is 2.65. The lowest BCUT2D eigenvalue weighted by atomic mass is 9.99. The van der Waals surface area contributed by atoms with Gasteiger partial charge >= 0.3 is 6.09 Å². The van der Waals surface area contributed by atoms with Crippen molar-refractivity contribution >= 4 is 22.4 Å². The van der Waals surface area contributed by atoms with E-state index in [9.17, 15) is 18.0 Å². The second-order valence-electron chi connectivity index (χ2n) is 8.48. The number of sulfonamides is 1. The fourth-order valence-corrected chi connectivity index (χ4v) is 4.83. The van der Waals surface area contributed by atoms with Crippen LogP contribution >= 0.6 is 0 Å². The summed E-state index contributed by atoms with van der Waals surface area (Å²) in [5.41, 5.74) is 0.270. The van der Waals surface area contributed by atoms with Crippen LogP contribution in [-0.2, 0) is 26.0 Å². The van der Waals surface area contributed by atoms with Gasteiger partial charge in [-0.3, -0.25) is 0 Å². The van der Waals surface area contributed by atoms with Gasteiger partial charge in [0.25, 0.3) is 0 Å². The molecule has 0 saturated carbocycles. The molecule has 1 aromatic rings. The van der Waals surface area contributed by atoms with Crippen molar-refractivity contribution in [2.75, 3.05) is 13.1 Å². The number of rotatable bonds is 7. The van der Waals surface area contributed by atoms with Crippen molar-refractivity contribution < 1.29 is 22.7 Å². The highest BCUT2D eigenvalue weighted by Gasteiger charge is 2.31. The number of carbonyl (C=O) groups excluding carboxylic acids is 2. The third-order valence-electron chi connectivity index (χ3n) is 4.93. The summed E-state index contributed by atoms with van der Waals surface area (Å²) >= 11 is 0. The Balaban J connectivity index is 1.99. The van der Waals surface area contributed by atoms with Gasteiger partial charge in [-0.05, 0) is 64.2 Å². The fraction of sp³-hybridized carbons (Fsp3) is 0.619. The second-order valence-corrected chi connectivity index (χ2v) is 10.4. The van der Waals surface area contributed by atoms with E-state index in [0.29, 0.717) is 32.4 Å². The van der Waals surface area contributed by atoms with Gasteiger partial charge in [-0.15, -0.1) is 0 Å². The van der Waals surface area contributed by atoms with Crippen molar-refractivity contribution in [2.45, 2.75) is 69.9 Å². The van der Waals surface area contributed by atoms with Gasteiger partial charge in [-0.25, -0.2) is 13.2 Å². The minimum Gasteiger partial charge on any atom is -0.444 e. The number of carbonyl (C=O) groups is 2. The standard InChI is InChI=1S/C21H32N2O5S/c1-5-16(15-24)13-17-7-6-8-19(14-17)29(26,27)23-11-9-18(10-12-23)22-20(25)28-21(2,3)4/h6-8,14-16,18H,5,9-13H2,1-4H3,(H,22,25). The Labute approximate surface area is 173 Å².